The second kappa shape index (κ2) is 10.6. The highest BCUT2D eigenvalue weighted by molar-refractivity contribution is 5.86. The predicted octanol–water partition coefficient (Wildman–Crippen LogP) is 4.42. The summed E-state index contributed by atoms with van der Waals surface area (Å²) in [5.74, 6) is 1.19. The molecule has 0 aromatic heterocycles. The molecule has 160 valence electrons. The zero-order chi connectivity index (χ0) is 21.5. The van der Waals surface area contributed by atoms with Crippen molar-refractivity contribution in [1.82, 2.24) is 9.80 Å². The lowest BCUT2D eigenvalue weighted by molar-refractivity contribution is -0.118. The van der Waals surface area contributed by atoms with Crippen LogP contribution in [0.2, 0.25) is 0 Å². The summed E-state index contributed by atoms with van der Waals surface area (Å²) in [7, 11) is 8.27. The van der Waals surface area contributed by atoms with Gasteiger partial charge in [0.05, 0.1) is 0 Å². The van der Waals surface area contributed by atoms with Gasteiger partial charge in [0.15, 0.2) is 0 Å². The van der Waals surface area contributed by atoms with Gasteiger partial charge in [-0.3, -0.25) is 4.79 Å². The van der Waals surface area contributed by atoms with Crippen molar-refractivity contribution in [1.29, 1.82) is 0 Å². The molecule has 1 heterocycles. The highest BCUT2D eigenvalue weighted by Crippen LogP contribution is 2.37. The molecule has 0 N–H and O–H groups in total. The maximum Gasteiger partial charge on any atom is 0.137 e. The van der Waals surface area contributed by atoms with Gasteiger partial charge >= 0.3 is 0 Å². The van der Waals surface area contributed by atoms with E-state index in [1.165, 1.54) is 16.7 Å². The van der Waals surface area contributed by atoms with Crippen molar-refractivity contribution in [2.24, 2.45) is 0 Å². The quantitative estimate of drug-likeness (QED) is 0.617. The maximum atomic E-state index is 12.5. The summed E-state index contributed by atoms with van der Waals surface area (Å²) in [6.07, 6.45) is 5.29. The van der Waals surface area contributed by atoms with Crippen LogP contribution >= 0.6 is 0 Å². The molecule has 0 saturated heterocycles. The number of benzene rings is 2. The van der Waals surface area contributed by atoms with Crippen molar-refractivity contribution in [2.45, 2.75) is 32.3 Å². The molecule has 0 atom stereocenters. The number of rotatable bonds is 9. The Labute approximate surface area is 181 Å². The van der Waals surface area contributed by atoms with Gasteiger partial charge in [0.1, 0.15) is 18.1 Å². The summed E-state index contributed by atoms with van der Waals surface area (Å²) in [5, 5.41) is 0. The molecule has 1 aliphatic heterocycles. The molecular formula is C26H34N2O2. The van der Waals surface area contributed by atoms with E-state index >= 15 is 0 Å². The lowest BCUT2D eigenvalue weighted by atomic mass is 9.91. The van der Waals surface area contributed by atoms with E-state index in [1.807, 2.05) is 26.2 Å². The Morgan fingerprint density at radius 2 is 1.77 bits per heavy atom. The summed E-state index contributed by atoms with van der Waals surface area (Å²) in [6, 6.07) is 14.7. The molecule has 4 nitrogen and oxygen atoms in total. The summed E-state index contributed by atoms with van der Waals surface area (Å²) in [4.78, 5) is 16.8. The van der Waals surface area contributed by atoms with Gasteiger partial charge in [-0.25, -0.2) is 0 Å². The third kappa shape index (κ3) is 6.04. The Morgan fingerprint density at radius 3 is 2.53 bits per heavy atom. The van der Waals surface area contributed by atoms with Crippen LogP contribution < -0.4 is 4.74 Å². The first-order chi connectivity index (χ1) is 14.4. The van der Waals surface area contributed by atoms with Crippen LogP contribution in [0.15, 0.2) is 48.5 Å². The number of carbonyl (C=O) groups is 1. The van der Waals surface area contributed by atoms with Gasteiger partial charge < -0.3 is 14.5 Å². The van der Waals surface area contributed by atoms with Crippen LogP contribution in [0.3, 0.4) is 0 Å². The summed E-state index contributed by atoms with van der Waals surface area (Å²) < 4.78 is 6.14. The third-order valence-corrected chi connectivity index (χ3v) is 5.41. The first-order valence-corrected chi connectivity index (χ1v) is 10.8. The Balaban J connectivity index is 1.87. The zero-order valence-corrected chi connectivity index (χ0v) is 18.8. The van der Waals surface area contributed by atoms with Crippen molar-refractivity contribution in [3.8, 4) is 5.75 Å². The smallest absolute Gasteiger partial charge is 0.137 e. The van der Waals surface area contributed by atoms with Gasteiger partial charge in [0.25, 0.3) is 0 Å². The second-order valence-electron chi connectivity index (χ2n) is 8.61. The van der Waals surface area contributed by atoms with E-state index in [-0.39, 0.29) is 0 Å². The number of Topliss-reactive ketones (excluding diaryl/α,β-unsaturated/α-hetero) is 1. The summed E-state index contributed by atoms with van der Waals surface area (Å²) in [5.41, 5.74) is 5.79. The Bertz CT molecular complexity index is 900. The number of nitrogens with zero attached hydrogens (tertiary/aromatic N) is 2. The van der Waals surface area contributed by atoms with Gasteiger partial charge in [0.2, 0.25) is 0 Å². The minimum absolute atomic E-state index is 0.296. The fourth-order valence-corrected chi connectivity index (χ4v) is 3.83. The van der Waals surface area contributed by atoms with Crippen molar-refractivity contribution < 1.29 is 9.53 Å². The van der Waals surface area contributed by atoms with Crippen molar-refractivity contribution in [2.75, 3.05) is 41.3 Å². The van der Waals surface area contributed by atoms with Crippen LogP contribution in [-0.4, -0.2) is 56.9 Å². The largest absolute Gasteiger partial charge is 0.488 e. The van der Waals surface area contributed by atoms with Crippen LogP contribution in [0.5, 0.6) is 5.75 Å². The molecule has 0 radical (unpaired) electrons. The lowest BCUT2D eigenvalue weighted by Gasteiger charge is -2.14. The average Bonchev–Trinajstić information content (AvgIpc) is 2.85. The van der Waals surface area contributed by atoms with E-state index in [0.717, 1.165) is 42.8 Å². The van der Waals surface area contributed by atoms with Crippen molar-refractivity contribution >= 4 is 11.4 Å². The second-order valence-corrected chi connectivity index (χ2v) is 8.61. The summed E-state index contributed by atoms with van der Waals surface area (Å²) >= 11 is 0. The number of fused-ring (bicyclic) bond motifs is 2. The van der Waals surface area contributed by atoms with E-state index in [1.54, 1.807) is 0 Å². The van der Waals surface area contributed by atoms with Crippen molar-refractivity contribution in [3.63, 3.8) is 0 Å². The minimum Gasteiger partial charge on any atom is -0.488 e. The molecule has 0 saturated carbocycles. The van der Waals surface area contributed by atoms with Crippen LogP contribution in [0.4, 0.5) is 0 Å². The zero-order valence-electron chi connectivity index (χ0n) is 18.8. The fraction of sp³-hybridized carbons (Fsp3) is 0.423. The Kier molecular flexibility index (Phi) is 7.83. The monoisotopic (exact) mass is 406 g/mol. The standard InChI is InChI=1S/C26H34N2O2/c1-27(2)15-7-10-22(29)17-20-13-14-26-25(18-20)24(12-8-16-28(3)4)23-11-6-5-9-21(23)19-30-26/h5-6,9,11-14,18H,7-8,10,15-17,19H2,1-4H3/b24-12-. The van der Waals surface area contributed by atoms with E-state index in [4.69, 9.17) is 4.74 Å². The van der Waals surface area contributed by atoms with Crippen LogP contribution in [0.25, 0.3) is 5.57 Å². The van der Waals surface area contributed by atoms with Crippen LogP contribution in [-0.2, 0) is 17.8 Å². The molecule has 2 aromatic rings. The molecule has 0 unspecified atom stereocenters. The topological polar surface area (TPSA) is 32.8 Å². The third-order valence-electron chi connectivity index (χ3n) is 5.41. The number of ketones is 1. The normalized spacial score (nSPS) is 14.4. The van der Waals surface area contributed by atoms with E-state index in [9.17, 15) is 4.79 Å². The number of carbonyl (C=O) groups excluding carboxylic acids is 1. The van der Waals surface area contributed by atoms with Crippen LogP contribution in [0, 0.1) is 0 Å². The number of hydrogen-bond acceptors (Lipinski definition) is 4. The first kappa shape index (κ1) is 22.3. The van der Waals surface area contributed by atoms with Gasteiger partial charge in [-0.05, 0) is 82.0 Å². The van der Waals surface area contributed by atoms with Gasteiger partial charge in [-0.15, -0.1) is 0 Å². The molecular weight excluding hydrogens is 372 g/mol. The molecule has 0 amide bonds. The van der Waals surface area contributed by atoms with Crippen LogP contribution in [0.1, 0.15) is 41.5 Å². The molecule has 2 aromatic carbocycles. The molecule has 0 spiro atoms. The summed E-state index contributed by atoms with van der Waals surface area (Å²) in [6.45, 7) is 2.50. The van der Waals surface area contributed by atoms with Crippen molar-refractivity contribution in [3.05, 3.63) is 70.8 Å². The van der Waals surface area contributed by atoms with Gasteiger partial charge in [-0.1, -0.05) is 36.4 Å². The molecule has 0 fully saturated rings. The first-order valence-electron chi connectivity index (χ1n) is 10.8. The minimum atomic E-state index is 0.296. The molecule has 30 heavy (non-hydrogen) atoms. The lowest BCUT2D eigenvalue weighted by Crippen LogP contribution is -2.14. The Hall–Kier alpha value is -2.43. The van der Waals surface area contributed by atoms with E-state index in [2.05, 4.69) is 60.3 Å². The molecule has 0 bridgehead atoms. The number of hydrogen-bond donors (Lipinski definition) is 0. The van der Waals surface area contributed by atoms with E-state index in [0.29, 0.717) is 25.2 Å². The Morgan fingerprint density at radius 1 is 1.00 bits per heavy atom. The molecule has 0 aliphatic carbocycles. The van der Waals surface area contributed by atoms with E-state index < -0.39 is 0 Å². The predicted molar refractivity (Wildman–Crippen MR) is 124 cm³/mol. The SMILES string of the molecule is CN(C)CC/C=C1/c2ccccc2COc2ccc(CC(=O)CCCN(C)C)cc21. The molecule has 3 rings (SSSR count). The highest BCUT2D eigenvalue weighted by atomic mass is 16.5. The average molecular weight is 407 g/mol. The maximum absolute atomic E-state index is 12.5. The fourth-order valence-electron chi connectivity index (χ4n) is 3.83. The molecule has 1 aliphatic rings. The highest BCUT2D eigenvalue weighted by Gasteiger charge is 2.19. The van der Waals surface area contributed by atoms with Gasteiger partial charge in [-0.2, -0.15) is 0 Å². The molecule has 4 heteroatoms. The number of ether oxygens (including phenoxy) is 1. The van der Waals surface area contributed by atoms with Gasteiger partial charge in [0, 0.05) is 24.9 Å².